The van der Waals surface area contributed by atoms with Crippen LogP contribution in [-0.2, 0) is 14.8 Å². The Bertz CT molecular complexity index is 532. The summed E-state index contributed by atoms with van der Waals surface area (Å²) >= 11 is 0. The summed E-state index contributed by atoms with van der Waals surface area (Å²) in [7, 11) is -2.64. The highest BCUT2D eigenvalue weighted by atomic mass is 32.2. The molecule has 0 unspecified atom stereocenters. The zero-order valence-corrected chi connectivity index (χ0v) is 11.8. The first-order chi connectivity index (χ1) is 8.79. The second-order valence-electron chi connectivity index (χ2n) is 4.42. The fraction of sp³-hybridized carbons (Fsp3) is 0.500. The summed E-state index contributed by atoms with van der Waals surface area (Å²) in [4.78, 5) is -0.703. The van der Waals surface area contributed by atoms with Crippen molar-refractivity contribution >= 4 is 10.0 Å². The fourth-order valence-electron chi connectivity index (χ4n) is 1.55. The number of benzene rings is 1. The van der Waals surface area contributed by atoms with Crippen LogP contribution in [0.2, 0.25) is 0 Å². The molecule has 1 N–H and O–H groups in total. The van der Waals surface area contributed by atoms with E-state index in [1.165, 1.54) is 7.11 Å². The smallest absolute Gasteiger partial charge is 0.243 e. The van der Waals surface area contributed by atoms with Gasteiger partial charge in [0.15, 0.2) is 11.6 Å². The number of hydrogen-bond donors (Lipinski definition) is 1. The monoisotopic (exact) mass is 293 g/mol. The van der Waals surface area contributed by atoms with Gasteiger partial charge in [-0.2, -0.15) is 0 Å². The lowest BCUT2D eigenvalue weighted by atomic mass is 10.1. The molecule has 108 valence electrons. The third-order valence-corrected chi connectivity index (χ3v) is 4.17. The molecule has 0 bridgehead atoms. The van der Waals surface area contributed by atoms with Gasteiger partial charge in [0, 0.05) is 13.7 Å². The molecule has 0 fully saturated rings. The Morgan fingerprint density at radius 1 is 1.32 bits per heavy atom. The molecule has 4 nitrogen and oxygen atoms in total. The molecular formula is C12H17F2NO3S. The predicted octanol–water partition coefficient (Wildman–Crippen LogP) is 1.91. The molecule has 7 heteroatoms. The summed E-state index contributed by atoms with van der Waals surface area (Å²) in [5.41, 5.74) is 0. The highest BCUT2D eigenvalue weighted by Crippen LogP contribution is 2.17. The predicted molar refractivity (Wildman–Crippen MR) is 67.2 cm³/mol. The van der Waals surface area contributed by atoms with Crippen LogP contribution in [-0.4, -0.2) is 28.2 Å². The van der Waals surface area contributed by atoms with Crippen LogP contribution >= 0.6 is 0 Å². The molecule has 0 spiro atoms. The van der Waals surface area contributed by atoms with E-state index < -0.39 is 26.6 Å². The highest BCUT2D eigenvalue weighted by molar-refractivity contribution is 7.89. The van der Waals surface area contributed by atoms with E-state index in [0.29, 0.717) is 0 Å². The standard InChI is InChI=1S/C12H17F2NO3S/c1-8(2)10(18-3)7-15-19(16,17)11-6-4-5-9(13)12(11)14/h4-6,8,10,15H,7H2,1-3H3/t10-/m0/s1. The maximum absolute atomic E-state index is 13.4. The molecule has 0 radical (unpaired) electrons. The molecule has 0 aliphatic carbocycles. The van der Waals surface area contributed by atoms with Crippen molar-refractivity contribution in [3.63, 3.8) is 0 Å². The largest absolute Gasteiger partial charge is 0.380 e. The average molecular weight is 293 g/mol. The van der Waals surface area contributed by atoms with E-state index in [4.69, 9.17) is 4.74 Å². The minimum Gasteiger partial charge on any atom is -0.380 e. The van der Waals surface area contributed by atoms with Gasteiger partial charge in [-0.25, -0.2) is 21.9 Å². The molecule has 0 saturated heterocycles. The molecule has 0 heterocycles. The van der Waals surface area contributed by atoms with Crippen LogP contribution in [0, 0.1) is 17.6 Å². The molecule has 1 aromatic carbocycles. The third kappa shape index (κ3) is 3.95. The lowest BCUT2D eigenvalue weighted by molar-refractivity contribution is 0.0691. The van der Waals surface area contributed by atoms with E-state index in [0.717, 1.165) is 18.2 Å². The van der Waals surface area contributed by atoms with Crippen molar-refractivity contribution in [2.75, 3.05) is 13.7 Å². The molecule has 1 atom stereocenters. The Labute approximate surface area is 111 Å². The van der Waals surface area contributed by atoms with Crippen molar-refractivity contribution in [2.24, 2.45) is 5.92 Å². The first-order valence-corrected chi connectivity index (χ1v) is 7.24. The van der Waals surface area contributed by atoms with Crippen LogP contribution < -0.4 is 4.72 Å². The van der Waals surface area contributed by atoms with Crippen molar-refractivity contribution < 1.29 is 21.9 Å². The van der Waals surface area contributed by atoms with Crippen LogP contribution in [0.5, 0.6) is 0 Å². The molecule has 0 amide bonds. The van der Waals surface area contributed by atoms with Crippen LogP contribution in [0.1, 0.15) is 13.8 Å². The number of sulfonamides is 1. The zero-order chi connectivity index (χ0) is 14.6. The molecular weight excluding hydrogens is 276 g/mol. The Hall–Kier alpha value is -1.05. The second-order valence-corrected chi connectivity index (χ2v) is 6.16. The summed E-state index contributed by atoms with van der Waals surface area (Å²) in [6, 6.07) is 3.02. The summed E-state index contributed by atoms with van der Waals surface area (Å²) in [6.45, 7) is 3.73. The van der Waals surface area contributed by atoms with Crippen molar-refractivity contribution in [2.45, 2.75) is 24.8 Å². The maximum Gasteiger partial charge on any atom is 0.243 e. The Balaban J connectivity index is 2.90. The zero-order valence-electron chi connectivity index (χ0n) is 11.0. The lowest BCUT2D eigenvalue weighted by Crippen LogP contribution is -2.36. The third-order valence-electron chi connectivity index (χ3n) is 2.73. The van der Waals surface area contributed by atoms with Gasteiger partial charge in [0.2, 0.25) is 10.0 Å². The topological polar surface area (TPSA) is 55.4 Å². The number of halogens is 2. The minimum atomic E-state index is -4.10. The molecule has 0 saturated carbocycles. The summed E-state index contributed by atoms with van der Waals surface area (Å²) < 4.78 is 57.5. The van der Waals surface area contributed by atoms with Crippen LogP contribution in [0.4, 0.5) is 8.78 Å². The summed E-state index contributed by atoms with van der Waals surface area (Å²) in [5, 5.41) is 0. The van der Waals surface area contributed by atoms with Crippen molar-refractivity contribution in [3.05, 3.63) is 29.8 Å². The van der Waals surface area contributed by atoms with Gasteiger partial charge in [0.05, 0.1) is 6.10 Å². The van der Waals surface area contributed by atoms with Gasteiger partial charge in [0.1, 0.15) is 4.90 Å². The maximum atomic E-state index is 13.4. The van der Waals surface area contributed by atoms with Crippen molar-refractivity contribution in [3.8, 4) is 0 Å². The normalized spacial score (nSPS) is 13.8. The molecule has 0 aliphatic rings. The lowest BCUT2D eigenvalue weighted by Gasteiger charge is -2.19. The highest BCUT2D eigenvalue weighted by Gasteiger charge is 2.23. The van der Waals surface area contributed by atoms with Gasteiger partial charge >= 0.3 is 0 Å². The Morgan fingerprint density at radius 2 is 1.95 bits per heavy atom. The van der Waals surface area contributed by atoms with Crippen LogP contribution in [0.25, 0.3) is 0 Å². The Morgan fingerprint density at radius 3 is 2.47 bits per heavy atom. The van der Waals surface area contributed by atoms with Gasteiger partial charge < -0.3 is 4.74 Å². The van der Waals surface area contributed by atoms with Crippen LogP contribution in [0.15, 0.2) is 23.1 Å². The number of ether oxygens (including phenoxy) is 1. The van der Waals surface area contributed by atoms with Gasteiger partial charge in [-0.1, -0.05) is 19.9 Å². The number of hydrogen-bond acceptors (Lipinski definition) is 3. The Kier molecular flexibility index (Phi) is 5.39. The first kappa shape index (κ1) is 16.0. The average Bonchev–Trinajstić information content (AvgIpc) is 2.32. The molecule has 0 aliphatic heterocycles. The number of rotatable bonds is 6. The summed E-state index contributed by atoms with van der Waals surface area (Å²) in [5.74, 6) is -2.49. The summed E-state index contributed by atoms with van der Waals surface area (Å²) in [6.07, 6.45) is -0.341. The van der Waals surface area contributed by atoms with Crippen molar-refractivity contribution in [1.29, 1.82) is 0 Å². The van der Waals surface area contributed by atoms with E-state index in [9.17, 15) is 17.2 Å². The van der Waals surface area contributed by atoms with E-state index in [1.807, 2.05) is 13.8 Å². The van der Waals surface area contributed by atoms with Gasteiger partial charge in [0.25, 0.3) is 0 Å². The minimum absolute atomic E-state index is 0.00749. The number of methoxy groups -OCH3 is 1. The molecule has 1 rings (SSSR count). The van der Waals surface area contributed by atoms with Crippen molar-refractivity contribution in [1.82, 2.24) is 4.72 Å². The van der Waals surface area contributed by atoms with Crippen LogP contribution in [0.3, 0.4) is 0 Å². The van der Waals surface area contributed by atoms with Gasteiger partial charge in [-0.3, -0.25) is 0 Å². The van der Waals surface area contributed by atoms with E-state index in [-0.39, 0.29) is 18.6 Å². The fourth-order valence-corrected chi connectivity index (χ4v) is 2.68. The van der Waals surface area contributed by atoms with Gasteiger partial charge in [-0.15, -0.1) is 0 Å². The van der Waals surface area contributed by atoms with Gasteiger partial charge in [-0.05, 0) is 18.1 Å². The quantitative estimate of drug-likeness (QED) is 0.871. The SMILES string of the molecule is CO[C@@H](CNS(=O)(=O)c1cccc(F)c1F)C(C)C. The van der Waals surface area contributed by atoms with E-state index in [1.54, 1.807) is 0 Å². The molecule has 0 aromatic heterocycles. The van der Waals surface area contributed by atoms with E-state index >= 15 is 0 Å². The second kappa shape index (κ2) is 6.40. The molecule has 1 aromatic rings. The first-order valence-electron chi connectivity index (χ1n) is 5.76. The van der Waals surface area contributed by atoms with E-state index in [2.05, 4.69) is 4.72 Å². The number of nitrogens with one attached hydrogen (secondary N) is 1. The molecule has 19 heavy (non-hydrogen) atoms.